The normalized spacial score (nSPS) is 27.6. The quantitative estimate of drug-likeness (QED) is 0.823. The molecule has 0 aliphatic carbocycles. The molecule has 0 aromatic carbocycles. The van der Waals surface area contributed by atoms with E-state index < -0.39 is 12.0 Å². The number of hydrogen-bond donors (Lipinski definition) is 2. The van der Waals surface area contributed by atoms with E-state index >= 15 is 0 Å². The molecule has 0 radical (unpaired) electrons. The van der Waals surface area contributed by atoms with Gasteiger partial charge in [0, 0.05) is 25.0 Å². The fourth-order valence-electron chi connectivity index (χ4n) is 2.59. The van der Waals surface area contributed by atoms with Crippen LogP contribution < -0.4 is 5.32 Å². The number of carbonyl (C=O) groups is 2. The third-order valence-corrected chi connectivity index (χ3v) is 5.05. The smallest absolute Gasteiger partial charge is 0.327 e. The summed E-state index contributed by atoms with van der Waals surface area (Å²) in [5.74, 6) is -0.445. The van der Waals surface area contributed by atoms with Crippen molar-refractivity contribution in [3.05, 3.63) is 0 Å². The average Bonchev–Trinajstić information content (AvgIpc) is 2.84. The molecule has 20 heavy (non-hydrogen) atoms. The predicted octanol–water partition coefficient (Wildman–Crippen LogP) is 1.50. The minimum atomic E-state index is -0.918. The Hall–Kier alpha value is -0.950. The zero-order chi connectivity index (χ0) is 14.5. The van der Waals surface area contributed by atoms with Crippen LogP contribution in [0.25, 0.3) is 0 Å². The molecular weight excluding hydrogens is 280 g/mol. The van der Waals surface area contributed by atoms with Crippen molar-refractivity contribution in [1.82, 2.24) is 10.2 Å². The molecule has 0 saturated carbocycles. The van der Waals surface area contributed by atoms with Gasteiger partial charge in [-0.2, -0.15) is 0 Å². The van der Waals surface area contributed by atoms with E-state index in [0.717, 1.165) is 25.7 Å². The monoisotopic (exact) mass is 302 g/mol. The maximum Gasteiger partial charge on any atom is 0.327 e. The summed E-state index contributed by atoms with van der Waals surface area (Å²) < 4.78 is 5.26. The highest BCUT2D eigenvalue weighted by atomic mass is 32.2. The Morgan fingerprint density at radius 1 is 1.40 bits per heavy atom. The molecule has 0 bridgehead atoms. The first-order valence-electron chi connectivity index (χ1n) is 7.14. The highest BCUT2D eigenvalue weighted by Gasteiger charge is 2.41. The topological polar surface area (TPSA) is 78.9 Å². The minimum absolute atomic E-state index is 0.0269. The molecule has 0 aromatic rings. The third kappa shape index (κ3) is 3.58. The largest absolute Gasteiger partial charge is 0.480 e. The Morgan fingerprint density at radius 2 is 2.10 bits per heavy atom. The minimum Gasteiger partial charge on any atom is -0.480 e. The van der Waals surface area contributed by atoms with Crippen molar-refractivity contribution in [3.8, 4) is 0 Å². The van der Waals surface area contributed by atoms with Gasteiger partial charge in [-0.05, 0) is 19.3 Å². The number of hydrogen-bond acceptors (Lipinski definition) is 4. The predicted molar refractivity (Wildman–Crippen MR) is 76.8 cm³/mol. The average molecular weight is 302 g/mol. The van der Waals surface area contributed by atoms with E-state index in [4.69, 9.17) is 4.74 Å². The van der Waals surface area contributed by atoms with Gasteiger partial charge < -0.3 is 15.2 Å². The van der Waals surface area contributed by atoms with E-state index in [2.05, 4.69) is 5.32 Å². The van der Waals surface area contributed by atoms with Crippen LogP contribution in [0.5, 0.6) is 0 Å². The number of ether oxygens (including phenoxy) is 1. The lowest BCUT2D eigenvalue weighted by Crippen LogP contribution is -2.53. The van der Waals surface area contributed by atoms with Crippen LogP contribution in [0, 0.1) is 0 Å². The maximum atomic E-state index is 12.4. The number of carboxylic acids is 1. The molecule has 114 valence electrons. The van der Waals surface area contributed by atoms with Gasteiger partial charge in [0.05, 0.1) is 5.37 Å². The van der Waals surface area contributed by atoms with Crippen molar-refractivity contribution in [2.24, 2.45) is 0 Å². The van der Waals surface area contributed by atoms with Gasteiger partial charge in [-0.15, -0.1) is 11.8 Å². The summed E-state index contributed by atoms with van der Waals surface area (Å²) in [4.78, 5) is 25.2. The van der Waals surface area contributed by atoms with Gasteiger partial charge in [-0.1, -0.05) is 13.3 Å². The van der Waals surface area contributed by atoms with Crippen molar-refractivity contribution in [3.63, 3.8) is 0 Å². The molecule has 2 rings (SSSR count). The number of nitrogens with zero attached hydrogens (tertiary/aromatic N) is 1. The van der Waals surface area contributed by atoms with E-state index in [1.54, 1.807) is 11.8 Å². The summed E-state index contributed by atoms with van der Waals surface area (Å²) in [7, 11) is 0. The maximum absolute atomic E-state index is 12.4. The molecule has 2 aliphatic heterocycles. The molecule has 2 amide bonds. The highest BCUT2D eigenvalue weighted by molar-refractivity contribution is 8.00. The third-order valence-electron chi connectivity index (χ3n) is 3.70. The number of thioether (sulfide) groups is 1. The van der Waals surface area contributed by atoms with Crippen LogP contribution in [0.15, 0.2) is 0 Å². The standard InChI is InChI=1S/C13H22N2O4S/c1-2-3-11-15(10(8-20-11)12(16)17)13(18)14-9-4-6-19-7-5-9/h9-11H,2-8H2,1H3,(H,14,18)(H,16,17). The van der Waals surface area contributed by atoms with Crippen LogP contribution in [-0.2, 0) is 9.53 Å². The number of nitrogens with one attached hydrogen (secondary N) is 1. The zero-order valence-electron chi connectivity index (χ0n) is 11.7. The molecule has 2 unspecified atom stereocenters. The van der Waals surface area contributed by atoms with Crippen molar-refractivity contribution in [2.75, 3.05) is 19.0 Å². The molecular formula is C13H22N2O4S. The van der Waals surface area contributed by atoms with Gasteiger partial charge in [0.1, 0.15) is 6.04 Å². The van der Waals surface area contributed by atoms with Crippen molar-refractivity contribution >= 4 is 23.8 Å². The van der Waals surface area contributed by atoms with Crippen molar-refractivity contribution < 1.29 is 19.4 Å². The molecule has 2 saturated heterocycles. The Morgan fingerprint density at radius 3 is 2.70 bits per heavy atom. The zero-order valence-corrected chi connectivity index (χ0v) is 12.5. The summed E-state index contributed by atoms with van der Waals surface area (Å²) in [6.45, 7) is 3.35. The molecule has 2 heterocycles. The summed E-state index contributed by atoms with van der Waals surface area (Å²) in [6.07, 6.45) is 3.35. The Labute approximate surface area is 123 Å². The summed E-state index contributed by atoms with van der Waals surface area (Å²) >= 11 is 1.56. The molecule has 0 spiro atoms. The van der Waals surface area contributed by atoms with Crippen LogP contribution in [0.1, 0.15) is 32.6 Å². The Balaban J connectivity index is 2.00. The second kappa shape index (κ2) is 7.17. The van der Waals surface area contributed by atoms with E-state index in [1.165, 1.54) is 4.90 Å². The first-order valence-corrected chi connectivity index (χ1v) is 8.19. The van der Waals surface area contributed by atoms with E-state index in [0.29, 0.717) is 19.0 Å². The van der Waals surface area contributed by atoms with E-state index in [1.807, 2.05) is 6.92 Å². The van der Waals surface area contributed by atoms with E-state index in [9.17, 15) is 14.7 Å². The summed E-state index contributed by atoms with van der Waals surface area (Å²) in [5, 5.41) is 12.2. The first-order chi connectivity index (χ1) is 9.63. The molecule has 2 aliphatic rings. The van der Waals surface area contributed by atoms with Crippen molar-refractivity contribution in [2.45, 2.75) is 50.1 Å². The van der Waals surface area contributed by atoms with Gasteiger partial charge in [-0.3, -0.25) is 4.90 Å². The number of aliphatic carboxylic acids is 1. The lowest BCUT2D eigenvalue weighted by atomic mass is 10.1. The van der Waals surface area contributed by atoms with Crippen LogP contribution >= 0.6 is 11.8 Å². The summed E-state index contributed by atoms with van der Waals surface area (Å²) in [5.41, 5.74) is 0. The highest BCUT2D eigenvalue weighted by Crippen LogP contribution is 2.32. The lowest BCUT2D eigenvalue weighted by molar-refractivity contribution is -0.141. The molecule has 2 fully saturated rings. The van der Waals surface area contributed by atoms with Crippen LogP contribution in [0.3, 0.4) is 0 Å². The van der Waals surface area contributed by atoms with Crippen LogP contribution in [0.2, 0.25) is 0 Å². The van der Waals surface area contributed by atoms with Crippen LogP contribution in [-0.4, -0.2) is 58.4 Å². The number of carbonyl (C=O) groups excluding carboxylic acids is 1. The SMILES string of the molecule is CCCC1SCC(C(=O)O)N1C(=O)NC1CCOCC1. The fourth-order valence-corrected chi connectivity index (χ4v) is 4.10. The lowest BCUT2D eigenvalue weighted by Gasteiger charge is -2.31. The Bertz CT molecular complexity index is 360. The Kier molecular flexibility index (Phi) is 5.54. The fraction of sp³-hybridized carbons (Fsp3) is 0.846. The number of carboxylic acid groups (broad SMARTS) is 1. The molecule has 6 nitrogen and oxygen atoms in total. The van der Waals surface area contributed by atoms with Crippen molar-refractivity contribution in [1.29, 1.82) is 0 Å². The van der Waals surface area contributed by atoms with Crippen LogP contribution in [0.4, 0.5) is 4.79 Å². The molecule has 2 N–H and O–H groups in total. The number of rotatable bonds is 4. The molecule has 2 atom stereocenters. The molecule has 0 aromatic heterocycles. The second-order valence-corrected chi connectivity index (χ2v) is 6.38. The number of urea groups is 1. The van der Waals surface area contributed by atoms with Gasteiger partial charge >= 0.3 is 12.0 Å². The molecule has 7 heteroatoms. The van der Waals surface area contributed by atoms with Gasteiger partial charge in [0.25, 0.3) is 0 Å². The van der Waals surface area contributed by atoms with E-state index in [-0.39, 0.29) is 17.4 Å². The summed E-state index contributed by atoms with van der Waals surface area (Å²) in [6, 6.07) is -0.859. The van der Waals surface area contributed by atoms with Gasteiger partial charge in [0.2, 0.25) is 0 Å². The van der Waals surface area contributed by atoms with Gasteiger partial charge in [-0.25, -0.2) is 9.59 Å². The second-order valence-electron chi connectivity index (χ2n) is 5.17. The number of amides is 2. The first kappa shape index (κ1) is 15.4. The van der Waals surface area contributed by atoms with Gasteiger partial charge in [0.15, 0.2) is 0 Å².